The van der Waals surface area contributed by atoms with Crippen molar-refractivity contribution in [2.45, 2.75) is 31.3 Å². The van der Waals surface area contributed by atoms with Gasteiger partial charge in [0.15, 0.2) is 0 Å². The molecule has 0 atom stereocenters. The van der Waals surface area contributed by atoms with E-state index in [9.17, 15) is 5.11 Å². The Hall–Kier alpha value is -0.830. The largest absolute Gasteiger partial charge is 0.390 e. The van der Waals surface area contributed by atoms with E-state index in [0.29, 0.717) is 0 Å². The van der Waals surface area contributed by atoms with Gasteiger partial charge in [-0.2, -0.15) is 0 Å². The summed E-state index contributed by atoms with van der Waals surface area (Å²) in [6.45, 7) is 0. The molecule has 0 bridgehead atoms. The molecule has 12 heavy (non-hydrogen) atoms. The van der Waals surface area contributed by atoms with Gasteiger partial charge in [-0.3, -0.25) is 0 Å². The van der Waals surface area contributed by atoms with Crippen LogP contribution in [-0.4, -0.2) is 20.3 Å². The monoisotopic (exact) mass is 166 g/mol. The molecule has 3 heteroatoms. The number of nitrogens with zero attached hydrogens (tertiary/aromatic N) is 2. The number of hydrogen-bond donors (Lipinski definition) is 1. The molecule has 0 spiro atoms. The molecule has 1 aliphatic carbocycles. The smallest absolute Gasteiger partial charge is 0.108 e. The first-order valence-electron chi connectivity index (χ1n) is 4.38. The standard InChI is InChI=1S/C9H14N2O/c1-11-7-6-10-8(11)2-3-9(12)4-5-9/h6-7,12H,2-5H2,1H3. The molecule has 1 heterocycles. The molecule has 1 aromatic heterocycles. The third-order valence-electron chi connectivity index (χ3n) is 2.56. The molecule has 0 unspecified atom stereocenters. The Labute approximate surface area is 72.0 Å². The second kappa shape index (κ2) is 2.59. The summed E-state index contributed by atoms with van der Waals surface area (Å²) in [5.74, 6) is 1.07. The van der Waals surface area contributed by atoms with Gasteiger partial charge in [-0.05, 0) is 19.3 Å². The van der Waals surface area contributed by atoms with Gasteiger partial charge in [0.2, 0.25) is 0 Å². The van der Waals surface area contributed by atoms with Crippen LogP contribution in [-0.2, 0) is 13.5 Å². The summed E-state index contributed by atoms with van der Waals surface area (Å²) >= 11 is 0. The van der Waals surface area contributed by atoms with Crippen molar-refractivity contribution in [3.63, 3.8) is 0 Å². The van der Waals surface area contributed by atoms with Crippen molar-refractivity contribution in [1.29, 1.82) is 0 Å². The van der Waals surface area contributed by atoms with Crippen molar-refractivity contribution in [2.75, 3.05) is 0 Å². The van der Waals surface area contributed by atoms with Crippen LogP contribution in [0.4, 0.5) is 0 Å². The number of imidazole rings is 1. The van der Waals surface area contributed by atoms with Crippen LogP contribution in [0, 0.1) is 0 Å². The zero-order valence-electron chi connectivity index (χ0n) is 7.32. The zero-order chi connectivity index (χ0) is 8.60. The fourth-order valence-corrected chi connectivity index (χ4v) is 1.38. The molecule has 1 saturated carbocycles. The Balaban J connectivity index is 1.91. The summed E-state index contributed by atoms with van der Waals surface area (Å²) in [7, 11) is 1.99. The first-order valence-corrected chi connectivity index (χ1v) is 4.38. The summed E-state index contributed by atoms with van der Waals surface area (Å²) < 4.78 is 2.01. The van der Waals surface area contributed by atoms with Crippen molar-refractivity contribution < 1.29 is 5.11 Å². The van der Waals surface area contributed by atoms with Crippen molar-refractivity contribution >= 4 is 0 Å². The fourth-order valence-electron chi connectivity index (χ4n) is 1.38. The Morgan fingerprint density at radius 1 is 1.67 bits per heavy atom. The molecule has 0 saturated heterocycles. The molecule has 0 aliphatic heterocycles. The van der Waals surface area contributed by atoms with Crippen LogP contribution in [0.15, 0.2) is 12.4 Å². The van der Waals surface area contributed by atoms with Gasteiger partial charge in [-0.15, -0.1) is 0 Å². The Bertz CT molecular complexity index is 276. The Morgan fingerprint density at radius 3 is 2.92 bits per heavy atom. The molecule has 1 aromatic rings. The molecule has 1 fully saturated rings. The van der Waals surface area contributed by atoms with E-state index in [1.807, 2.05) is 17.8 Å². The van der Waals surface area contributed by atoms with Crippen LogP contribution in [0.5, 0.6) is 0 Å². The van der Waals surface area contributed by atoms with Crippen LogP contribution >= 0.6 is 0 Å². The molecule has 1 aliphatic rings. The maximum Gasteiger partial charge on any atom is 0.108 e. The third-order valence-corrected chi connectivity index (χ3v) is 2.56. The molecule has 1 N–H and O–H groups in total. The summed E-state index contributed by atoms with van der Waals surface area (Å²) in [6.07, 6.45) is 7.42. The molecule has 0 radical (unpaired) electrons. The van der Waals surface area contributed by atoms with E-state index in [-0.39, 0.29) is 5.60 Å². The summed E-state index contributed by atoms with van der Waals surface area (Å²) in [6, 6.07) is 0. The van der Waals surface area contributed by atoms with E-state index in [0.717, 1.165) is 31.5 Å². The molecule has 3 nitrogen and oxygen atoms in total. The molecule has 66 valence electrons. The summed E-state index contributed by atoms with van der Waals surface area (Å²) in [4.78, 5) is 4.20. The van der Waals surface area contributed by atoms with E-state index in [1.165, 1.54) is 0 Å². The van der Waals surface area contributed by atoms with Gasteiger partial charge in [0.1, 0.15) is 5.82 Å². The second-order valence-corrected chi connectivity index (χ2v) is 3.68. The van der Waals surface area contributed by atoms with Crippen molar-refractivity contribution in [3.05, 3.63) is 18.2 Å². The number of aromatic nitrogens is 2. The minimum absolute atomic E-state index is 0.341. The average Bonchev–Trinajstić information content (AvgIpc) is 2.61. The van der Waals surface area contributed by atoms with Crippen LogP contribution in [0.1, 0.15) is 25.1 Å². The zero-order valence-corrected chi connectivity index (χ0v) is 7.32. The quantitative estimate of drug-likeness (QED) is 0.723. The van der Waals surface area contributed by atoms with Crippen LogP contribution in [0.25, 0.3) is 0 Å². The lowest BCUT2D eigenvalue weighted by Gasteiger charge is -2.06. The van der Waals surface area contributed by atoms with Crippen LogP contribution in [0.3, 0.4) is 0 Å². The lowest BCUT2D eigenvalue weighted by Crippen LogP contribution is -2.09. The van der Waals surface area contributed by atoms with Gasteiger partial charge in [0.05, 0.1) is 5.60 Å². The van der Waals surface area contributed by atoms with Gasteiger partial charge in [0, 0.05) is 25.9 Å². The van der Waals surface area contributed by atoms with Crippen LogP contribution in [0.2, 0.25) is 0 Å². The molecular formula is C9H14N2O. The summed E-state index contributed by atoms with van der Waals surface area (Å²) in [5.41, 5.74) is -0.341. The van der Waals surface area contributed by atoms with E-state index in [1.54, 1.807) is 6.20 Å². The SMILES string of the molecule is Cn1ccnc1CCC1(O)CC1. The highest BCUT2D eigenvalue weighted by Crippen LogP contribution is 2.38. The van der Waals surface area contributed by atoms with Gasteiger partial charge in [0.25, 0.3) is 0 Å². The highest BCUT2D eigenvalue weighted by molar-refractivity contribution is 4.98. The fraction of sp³-hybridized carbons (Fsp3) is 0.667. The van der Waals surface area contributed by atoms with Crippen molar-refractivity contribution in [3.8, 4) is 0 Å². The lowest BCUT2D eigenvalue weighted by molar-refractivity contribution is 0.139. The van der Waals surface area contributed by atoms with Gasteiger partial charge in [-0.1, -0.05) is 0 Å². The molecule has 2 rings (SSSR count). The van der Waals surface area contributed by atoms with Crippen molar-refractivity contribution in [2.24, 2.45) is 7.05 Å². The molecule has 0 aromatic carbocycles. The minimum Gasteiger partial charge on any atom is -0.390 e. The Morgan fingerprint density at radius 2 is 2.42 bits per heavy atom. The lowest BCUT2D eigenvalue weighted by atomic mass is 10.2. The predicted octanol–water partition coefficient (Wildman–Crippen LogP) is 0.878. The maximum absolute atomic E-state index is 9.58. The van der Waals surface area contributed by atoms with E-state index in [2.05, 4.69) is 4.98 Å². The highest BCUT2D eigenvalue weighted by Gasteiger charge is 2.39. The second-order valence-electron chi connectivity index (χ2n) is 3.68. The van der Waals surface area contributed by atoms with E-state index >= 15 is 0 Å². The molecular weight excluding hydrogens is 152 g/mol. The minimum atomic E-state index is -0.341. The van der Waals surface area contributed by atoms with Gasteiger partial charge >= 0.3 is 0 Å². The van der Waals surface area contributed by atoms with Gasteiger partial charge in [-0.25, -0.2) is 4.98 Å². The number of hydrogen-bond acceptors (Lipinski definition) is 2. The predicted molar refractivity (Wildman–Crippen MR) is 45.7 cm³/mol. The highest BCUT2D eigenvalue weighted by atomic mass is 16.3. The van der Waals surface area contributed by atoms with Gasteiger partial charge < -0.3 is 9.67 Å². The number of rotatable bonds is 3. The Kier molecular flexibility index (Phi) is 1.68. The van der Waals surface area contributed by atoms with E-state index < -0.39 is 0 Å². The van der Waals surface area contributed by atoms with Crippen molar-refractivity contribution in [1.82, 2.24) is 9.55 Å². The summed E-state index contributed by atoms with van der Waals surface area (Å²) in [5, 5.41) is 9.58. The van der Waals surface area contributed by atoms with E-state index in [4.69, 9.17) is 0 Å². The number of aliphatic hydroxyl groups is 1. The van der Waals surface area contributed by atoms with Crippen LogP contribution < -0.4 is 0 Å². The number of aryl methyl sites for hydroxylation is 2. The maximum atomic E-state index is 9.58. The average molecular weight is 166 g/mol. The first kappa shape index (κ1) is 7.80. The normalized spacial score (nSPS) is 19.5. The third kappa shape index (κ3) is 1.50. The topological polar surface area (TPSA) is 38.0 Å². The first-order chi connectivity index (χ1) is 5.70. The molecule has 0 amide bonds.